The molecule has 17 heavy (non-hydrogen) atoms. The summed E-state index contributed by atoms with van der Waals surface area (Å²) >= 11 is 0. The van der Waals surface area contributed by atoms with E-state index in [9.17, 15) is 4.79 Å². The largest absolute Gasteiger partial charge is 0.347 e. The standard InChI is InChI=1S/C12H12N4O/c1-15-7-10(17)16(2)12-11(15)13-8-5-3-4-6-9(8)14-12/h3-6H,7H2,1-2H3. The zero-order chi connectivity index (χ0) is 12.0. The Labute approximate surface area is 98.7 Å². The van der Waals surface area contributed by atoms with Gasteiger partial charge in [-0.15, -0.1) is 0 Å². The molecule has 0 saturated carbocycles. The number of nitrogens with zero attached hydrogens (tertiary/aromatic N) is 4. The van der Waals surface area contributed by atoms with Crippen LogP contribution in [0.1, 0.15) is 0 Å². The molecule has 0 N–H and O–H groups in total. The van der Waals surface area contributed by atoms with Gasteiger partial charge in [0, 0.05) is 14.1 Å². The van der Waals surface area contributed by atoms with E-state index in [0.29, 0.717) is 12.4 Å². The topological polar surface area (TPSA) is 49.3 Å². The number of hydrogen-bond donors (Lipinski definition) is 0. The first-order chi connectivity index (χ1) is 8.16. The van der Waals surface area contributed by atoms with Crippen molar-refractivity contribution in [2.45, 2.75) is 0 Å². The van der Waals surface area contributed by atoms with Gasteiger partial charge in [0.05, 0.1) is 17.6 Å². The Kier molecular flexibility index (Phi) is 2.01. The minimum Gasteiger partial charge on any atom is -0.347 e. The Bertz CT molecular complexity index is 610. The number of para-hydroxylation sites is 2. The highest BCUT2D eigenvalue weighted by Crippen LogP contribution is 2.29. The van der Waals surface area contributed by atoms with E-state index in [1.54, 1.807) is 11.9 Å². The van der Waals surface area contributed by atoms with E-state index < -0.39 is 0 Å². The van der Waals surface area contributed by atoms with Crippen molar-refractivity contribution in [1.29, 1.82) is 0 Å². The molecule has 1 aromatic heterocycles. The average molecular weight is 228 g/mol. The Balaban J connectivity index is 2.29. The highest BCUT2D eigenvalue weighted by molar-refractivity contribution is 6.01. The summed E-state index contributed by atoms with van der Waals surface area (Å²) in [4.78, 5) is 24.2. The Morgan fingerprint density at radius 1 is 1.06 bits per heavy atom. The van der Waals surface area contributed by atoms with E-state index in [2.05, 4.69) is 9.97 Å². The van der Waals surface area contributed by atoms with Gasteiger partial charge in [0.2, 0.25) is 5.91 Å². The fourth-order valence-corrected chi connectivity index (χ4v) is 1.96. The molecular formula is C12H12N4O. The molecule has 0 unspecified atom stereocenters. The molecule has 1 aromatic carbocycles. The van der Waals surface area contributed by atoms with Crippen LogP contribution in [0.4, 0.5) is 11.6 Å². The summed E-state index contributed by atoms with van der Waals surface area (Å²) in [6.07, 6.45) is 0. The van der Waals surface area contributed by atoms with Crippen LogP contribution in [0.25, 0.3) is 11.0 Å². The van der Waals surface area contributed by atoms with Gasteiger partial charge in [0.25, 0.3) is 0 Å². The first kappa shape index (κ1) is 10.0. The van der Waals surface area contributed by atoms with Crippen LogP contribution in [-0.2, 0) is 4.79 Å². The summed E-state index contributed by atoms with van der Waals surface area (Å²) in [6.45, 7) is 0.344. The average Bonchev–Trinajstić information content (AvgIpc) is 2.34. The highest BCUT2D eigenvalue weighted by Gasteiger charge is 2.27. The molecule has 0 radical (unpaired) electrons. The lowest BCUT2D eigenvalue weighted by molar-refractivity contribution is -0.117. The third kappa shape index (κ3) is 1.43. The van der Waals surface area contributed by atoms with Crippen LogP contribution in [0.3, 0.4) is 0 Å². The molecule has 2 aromatic rings. The smallest absolute Gasteiger partial charge is 0.247 e. The van der Waals surface area contributed by atoms with Crippen LogP contribution >= 0.6 is 0 Å². The van der Waals surface area contributed by atoms with Crippen molar-refractivity contribution in [3.8, 4) is 0 Å². The van der Waals surface area contributed by atoms with Crippen LogP contribution in [-0.4, -0.2) is 36.5 Å². The van der Waals surface area contributed by atoms with E-state index in [0.717, 1.165) is 16.9 Å². The summed E-state index contributed by atoms with van der Waals surface area (Å²) in [5.41, 5.74) is 1.65. The first-order valence-corrected chi connectivity index (χ1v) is 5.41. The quantitative estimate of drug-likeness (QED) is 0.676. The van der Waals surface area contributed by atoms with Gasteiger partial charge in [-0.1, -0.05) is 12.1 Å². The third-order valence-corrected chi connectivity index (χ3v) is 2.96. The summed E-state index contributed by atoms with van der Waals surface area (Å²) < 4.78 is 0. The summed E-state index contributed by atoms with van der Waals surface area (Å²) in [5, 5.41) is 0. The Morgan fingerprint density at radius 2 is 1.65 bits per heavy atom. The second-order valence-electron chi connectivity index (χ2n) is 4.17. The van der Waals surface area contributed by atoms with Crippen molar-refractivity contribution in [3.05, 3.63) is 24.3 Å². The number of rotatable bonds is 0. The number of aromatic nitrogens is 2. The lowest BCUT2D eigenvalue weighted by Crippen LogP contribution is -2.43. The number of fused-ring (bicyclic) bond motifs is 2. The van der Waals surface area contributed by atoms with Crippen molar-refractivity contribution >= 4 is 28.6 Å². The molecule has 5 nitrogen and oxygen atoms in total. The number of carbonyl (C=O) groups is 1. The maximum Gasteiger partial charge on any atom is 0.247 e. The number of likely N-dealkylation sites (N-methyl/N-ethyl adjacent to an activating group) is 2. The SMILES string of the molecule is CN1CC(=O)N(C)c2nc3ccccc3nc21. The normalized spacial score (nSPS) is 15.3. The fraction of sp³-hybridized carbons (Fsp3) is 0.250. The van der Waals surface area contributed by atoms with E-state index in [1.807, 2.05) is 36.2 Å². The van der Waals surface area contributed by atoms with E-state index in [-0.39, 0.29) is 5.91 Å². The van der Waals surface area contributed by atoms with Crippen LogP contribution in [0.5, 0.6) is 0 Å². The number of amides is 1. The monoisotopic (exact) mass is 228 g/mol. The highest BCUT2D eigenvalue weighted by atomic mass is 16.2. The molecule has 1 aliphatic heterocycles. The van der Waals surface area contributed by atoms with E-state index in [1.165, 1.54) is 0 Å². The minimum atomic E-state index is 0.0320. The van der Waals surface area contributed by atoms with Crippen LogP contribution < -0.4 is 9.80 Å². The molecule has 0 saturated heterocycles. The number of hydrogen-bond acceptors (Lipinski definition) is 4. The van der Waals surface area contributed by atoms with Crippen molar-refractivity contribution in [2.24, 2.45) is 0 Å². The van der Waals surface area contributed by atoms with Crippen molar-refractivity contribution < 1.29 is 4.79 Å². The lowest BCUT2D eigenvalue weighted by Gasteiger charge is -2.30. The molecule has 0 fully saturated rings. The fourth-order valence-electron chi connectivity index (χ4n) is 1.96. The molecule has 3 rings (SSSR count). The Hall–Kier alpha value is -2.17. The number of anilines is 2. The van der Waals surface area contributed by atoms with Crippen molar-refractivity contribution in [2.75, 3.05) is 30.4 Å². The predicted molar refractivity (Wildman–Crippen MR) is 66.2 cm³/mol. The van der Waals surface area contributed by atoms with Gasteiger partial charge in [0.15, 0.2) is 11.6 Å². The van der Waals surface area contributed by atoms with Gasteiger partial charge >= 0.3 is 0 Å². The van der Waals surface area contributed by atoms with Crippen LogP contribution in [0, 0.1) is 0 Å². The van der Waals surface area contributed by atoms with Crippen LogP contribution in [0.2, 0.25) is 0 Å². The molecule has 0 aliphatic carbocycles. The second kappa shape index (κ2) is 3.41. The van der Waals surface area contributed by atoms with Gasteiger partial charge < -0.3 is 4.90 Å². The third-order valence-electron chi connectivity index (χ3n) is 2.96. The first-order valence-electron chi connectivity index (χ1n) is 5.41. The zero-order valence-electron chi connectivity index (χ0n) is 9.71. The molecule has 0 bridgehead atoms. The second-order valence-corrected chi connectivity index (χ2v) is 4.17. The van der Waals surface area contributed by atoms with Crippen molar-refractivity contribution in [3.63, 3.8) is 0 Å². The molecule has 5 heteroatoms. The van der Waals surface area contributed by atoms with Gasteiger partial charge in [-0.2, -0.15) is 0 Å². The molecule has 1 amide bonds. The molecule has 0 atom stereocenters. The van der Waals surface area contributed by atoms with Gasteiger partial charge in [-0.3, -0.25) is 9.69 Å². The van der Waals surface area contributed by atoms with Crippen LogP contribution in [0.15, 0.2) is 24.3 Å². The molecule has 1 aliphatic rings. The summed E-state index contributed by atoms with van der Waals surface area (Å²) in [5.74, 6) is 1.41. The van der Waals surface area contributed by atoms with E-state index >= 15 is 0 Å². The lowest BCUT2D eigenvalue weighted by atomic mass is 10.2. The Morgan fingerprint density at radius 3 is 2.29 bits per heavy atom. The summed E-state index contributed by atoms with van der Waals surface area (Å²) in [6, 6.07) is 7.67. The number of carbonyl (C=O) groups excluding carboxylic acids is 1. The van der Waals surface area contributed by atoms with Gasteiger partial charge in [-0.05, 0) is 12.1 Å². The molecular weight excluding hydrogens is 216 g/mol. The minimum absolute atomic E-state index is 0.0320. The number of benzene rings is 1. The predicted octanol–water partition coefficient (Wildman–Crippen LogP) is 1.04. The van der Waals surface area contributed by atoms with Gasteiger partial charge in [0.1, 0.15) is 0 Å². The summed E-state index contributed by atoms with van der Waals surface area (Å²) in [7, 11) is 3.59. The molecule has 2 heterocycles. The van der Waals surface area contributed by atoms with E-state index in [4.69, 9.17) is 0 Å². The molecule has 86 valence electrons. The molecule has 0 spiro atoms. The maximum absolute atomic E-state index is 11.7. The zero-order valence-corrected chi connectivity index (χ0v) is 9.71. The van der Waals surface area contributed by atoms with Gasteiger partial charge in [-0.25, -0.2) is 9.97 Å². The van der Waals surface area contributed by atoms with Crippen molar-refractivity contribution in [1.82, 2.24) is 9.97 Å². The maximum atomic E-state index is 11.7.